The topological polar surface area (TPSA) is 20.3 Å². The second-order valence-corrected chi connectivity index (χ2v) is 5.72. The predicted octanol–water partition coefficient (Wildman–Crippen LogP) is 5.20. The van der Waals surface area contributed by atoms with E-state index in [2.05, 4.69) is 26.0 Å². The molecule has 0 saturated carbocycles. The van der Waals surface area contributed by atoms with Crippen molar-refractivity contribution in [2.45, 2.75) is 52.9 Å². The minimum atomic E-state index is 0.101. The smallest absolute Gasteiger partial charge is 0.223 e. The third-order valence-corrected chi connectivity index (χ3v) is 3.61. The van der Waals surface area contributed by atoms with Crippen LogP contribution in [0, 0.1) is 5.92 Å². The fourth-order valence-electron chi connectivity index (χ4n) is 2.39. The Labute approximate surface area is 129 Å². The van der Waals surface area contributed by atoms with E-state index in [0.29, 0.717) is 5.92 Å². The minimum Gasteiger partial charge on any atom is -0.312 e. The first kappa shape index (κ1) is 17.5. The van der Waals surface area contributed by atoms with Crippen LogP contribution in [-0.4, -0.2) is 12.5 Å². The molecule has 1 rings (SSSR count). The van der Waals surface area contributed by atoms with Gasteiger partial charge in [-0.15, -0.1) is 0 Å². The Hall–Kier alpha value is -1.57. The largest absolute Gasteiger partial charge is 0.312 e. The molecule has 0 aliphatic heterocycles. The second kappa shape index (κ2) is 10.2. The zero-order valence-electron chi connectivity index (χ0n) is 13.7. The summed E-state index contributed by atoms with van der Waals surface area (Å²) >= 11 is 0. The minimum absolute atomic E-state index is 0.101. The van der Waals surface area contributed by atoms with Gasteiger partial charge in [0.05, 0.1) is 0 Å². The quantitative estimate of drug-likeness (QED) is 0.451. The molecule has 0 radical (unpaired) electrons. The van der Waals surface area contributed by atoms with Gasteiger partial charge in [0.25, 0.3) is 0 Å². The summed E-state index contributed by atoms with van der Waals surface area (Å²) in [5, 5.41) is 0. The van der Waals surface area contributed by atoms with Crippen LogP contribution in [0.3, 0.4) is 0 Å². The SMILES string of the molecule is CCCCCC/C=C/C(C)CN(C(C)=O)c1ccccc1. The molecule has 0 aromatic heterocycles. The highest BCUT2D eigenvalue weighted by Crippen LogP contribution is 2.16. The van der Waals surface area contributed by atoms with Gasteiger partial charge in [-0.05, 0) is 30.9 Å². The molecule has 0 heterocycles. The lowest BCUT2D eigenvalue weighted by atomic mass is 10.1. The molecule has 0 aliphatic carbocycles. The summed E-state index contributed by atoms with van der Waals surface area (Å²) in [4.78, 5) is 13.7. The van der Waals surface area contributed by atoms with Gasteiger partial charge in [-0.25, -0.2) is 0 Å². The maximum absolute atomic E-state index is 11.8. The number of carbonyl (C=O) groups excluding carboxylic acids is 1. The van der Waals surface area contributed by atoms with Gasteiger partial charge in [0.1, 0.15) is 0 Å². The Morgan fingerprint density at radius 3 is 2.52 bits per heavy atom. The number of hydrogen-bond donors (Lipinski definition) is 0. The Bertz CT molecular complexity index is 424. The van der Waals surface area contributed by atoms with Gasteiger partial charge in [0.15, 0.2) is 0 Å². The number of nitrogens with zero attached hydrogens (tertiary/aromatic N) is 1. The van der Waals surface area contributed by atoms with Crippen molar-refractivity contribution < 1.29 is 4.79 Å². The standard InChI is InChI=1S/C19H29NO/c1-4-5-6-7-8-10-13-17(2)16-20(18(3)21)19-14-11-9-12-15-19/h9-15,17H,4-8,16H2,1-3H3/b13-10+. The Morgan fingerprint density at radius 2 is 1.90 bits per heavy atom. The monoisotopic (exact) mass is 287 g/mol. The highest BCUT2D eigenvalue weighted by Gasteiger charge is 2.13. The fraction of sp³-hybridized carbons (Fsp3) is 0.526. The lowest BCUT2D eigenvalue weighted by molar-refractivity contribution is -0.116. The van der Waals surface area contributed by atoms with Crippen molar-refractivity contribution in [3.63, 3.8) is 0 Å². The summed E-state index contributed by atoms with van der Waals surface area (Å²) in [7, 11) is 0. The molecule has 2 nitrogen and oxygen atoms in total. The Kier molecular flexibility index (Phi) is 8.49. The van der Waals surface area contributed by atoms with E-state index in [9.17, 15) is 4.79 Å². The van der Waals surface area contributed by atoms with Crippen LogP contribution in [0.1, 0.15) is 52.9 Å². The van der Waals surface area contributed by atoms with Crippen LogP contribution < -0.4 is 4.90 Å². The summed E-state index contributed by atoms with van der Waals surface area (Å²) in [6, 6.07) is 9.89. The highest BCUT2D eigenvalue weighted by atomic mass is 16.2. The highest BCUT2D eigenvalue weighted by molar-refractivity contribution is 5.91. The summed E-state index contributed by atoms with van der Waals surface area (Å²) in [5.74, 6) is 0.477. The number of para-hydroxylation sites is 1. The third-order valence-electron chi connectivity index (χ3n) is 3.61. The van der Waals surface area contributed by atoms with Crippen LogP contribution in [0.5, 0.6) is 0 Å². The Balaban J connectivity index is 2.45. The number of amides is 1. The van der Waals surface area contributed by atoms with Crippen molar-refractivity contribution in [3.05, 3.63) is 42.5 Å². The van der Waals surface area contributed by atoms with E-state index in [0.717, 1.165) is 18.7 Å². The van der Waals surface area contributed by atoms with Crippen LogP contribution in [0.15, 0.2) is 42.5 Å². The number of allylic oxidation sites excluding steroid dienone is 1. The number of unbranched alkanes of at least 4 members (excludes halogenated alkanes) is 4. The van der Waals surface area contributed by atoms with E-state index in [-0.39, 0.29) is 5.91 Å². The lowest BCUT2D eigenvalue weighted by Crippen LogP contribution is -2.32. The van der Waals surface area contributed by atoms with Crippen LogP contribution in [0.25, 0.3) is 0 Å². The van der Waals surface area contributed by atoms with E-state index in [4.69, 9.17) is 0 Å². The molecule has 0 spiro atoms. The molecule has 0 saturated heterocycles. The number of rotatable bonds is 9. The van der Waals surface area contributed by atoms with E-state index in [1.54, 1.807) is 6.92 Å². The summed E-state index contributed by atoms with van der Waals surface area (Å²) in [5.41, 5.74) is 0.980. The Morgan fingerprint density at radius 1 is 1.19 bits per heavy atom. The molecule has 21 heavy (non-hydrogen) atoms. The zero-order valence-corrected chi connectivity index (χ0v) is 13.7. The van der Waals surface area contributed by atoms with Gasteiger partial charge in [0.2, 0.25) is 5.91 Å². The maximum atomic E-state index is 11.8. The zero-order chi connectivity index (χ0) is 15.5. The van der Waals surface area contributed by atoms with Gasteiger partial charge >= 0.3 is 0 Å². The second-order valence-electron chi connectivity index (χ2n) is 5.72. The van der Waals surface area contributed by atoms with Gasteiger partial charge in [0, 0.05) is 19.2 Å². The molecule has 0 aliphatic rings. The van der Waals surface area contributed by atoms with E-state index < -0.39 is 0 Å². The normalized spacial score (nSPS) is 12.5. The van der Waals surface area contributed by atoms with Gasteiger partial charge in [-0.1, -0.05) is 63.5 Å². The first-order valence-corrected chi connectivity index (χ1v) is 8.15. The van der Waals surface area contributed by atoms with Crippen LogP contribution in [0.4, 0.5) is 5.69 Å². The van der Waals surface area contributed by atoms with Crippen LogP contribution in [0.2, 0.25) is 0 Å². The lowest BCUT2D eigenvalue weighted by Gasteiger charge is -2.23. The predicted molar refractivity (Wildman–Crippen MR) is 91.5 cm³/mol. The number of hydrogen-bond acceptors (Lipinski definition) is 1. The van der Waals surface area contributed by atoms with Crippen molar-refractivity contribution >= 4 is 11.6 Å². The third kappa shape index (κ3) is 7.12. The average molecular weight is 287 g/mol. The van der Waals surface area contributed by atoms with Gasteiger partial charge in [-0.3, -0.25) is 4.79 Å². The van der Waals surface area contributed by atoms with Crippen LogP contribution in [-0.2, 0) is 4.79 Å². The molecule has 1 aromatic carbocycles. The molecule has 2 heteroatoms. The van der Waals surface area contributed by atoms with Crippen molar-refractivity contribution in [2.24, 2.45) is 5.92 Å². The van der Waals surface area contributed by atoms with Gasteiger partial charge in [-0.2, -0.15) is 0 Å². The first-order valence-electron chi connectivity index (χ1n) is 8.15. The molecule has 1 atom stereocenters. The van der Waals surface area contributed by atoms with E-state index in [1.807, 2.05) is 35.2 Å². The van der Waals surface area contributed by atoms with Crippen molar-refractivity contribution in [1.82, 2.24) is 0 Å². The molecular weight excluding hydrogens is 258 g/mol. The molecular formula is C19H29NO. The van der Waals surface area contributed by atoms with Crippen molar-refractivity contribution in [2.75, 3.05) is 11.4 Å². The van der Waals surface area contributed by atoms with E-state index >= 15 is 0 Å². The molecule has 1 aromatic rings. The number of carbonyl (C=O) groups is 1. The average Bonchev–Trinajstić information content (AvgIpc) is 2.49. The van der Waals surface area contributed by atoms with Crippen molar-refractivity contribution in [1.29, 1.82) is 0 Å². The fourth-order valence-corrected chi connectivity index (χ4v) is 2.39. The summed E-state index contributed by atoms with van der Waals surface area (Å²) < 4.78 is 0. The van der Waals surface area contributed by atoms with Gasteiger partial charge < -0.3 is 4.90 Å². The molecule has 116 valence electrons. The number of anilines is 1. The van der Waals surface area contributed by atoms with Crippen LogP contribution >= 0.6 is 0 Å². The first-order chi connectivity index (χ1) is 10.1. The molecule has 0 bridgehead atoms. The summed E-state index contributed by atoms with van der Waals surface area (Å²) in [6.07, 6.45) is 10.9. The maximum Gasteiger partial charge on any atom is 0.223 e. The molecule has 1 unspecified atom stereocenters. The van der Waals surface area contributed by atoms with E-state index in [1.165, 1.54) is 25.7 Å². The molecule has 1 amide bonds. The molecule has 0 fully saturated rings. The molecule has 0 N–H and O–H groups in total. The van der Waals surface area contributed by atoms with Crippen molar-refractivity contribution in [3.8, 4) is 0 Å². The summed E-state index contributed by atoms with van der Waals surface area (Å²) in [6.45, 7) is 6.78. The number of benzene rings is 1.